The van der Waals surface area contributed by atoms with Crippen LogP contribution >= 0.6 is 15.9 Å². The van der Waals surface area contributed by atoms with E-state index < -0.39 is 0 Å². The van der Waals surface area contributed by atoms with Gasteiger partial charge in [-0.05, 0) is 30.2 Å². The van der Waals surface area contributed by atoms with Gasteiger partial charge in [-0.2, -0.15) is 0 Å². The van der Waals surface area contributed by atoms with Gasteiger partial charge in [0, 0.05) is 28.2 Å². The number of anilines is 1. The fourth-order valence-electron chi connectivity index (χ4n) is 2.24. The van der Waals surface area contributed by atoms with E-state index in [9.17, 15) is 9.18 Å². The van der Waals surface area contributed by atoms with Crippen molar-refractivity contribution >= 4 is 27.5 Å². The van der Waals surface area contributed by atoms with Crippen molar-refractivity contribution < 1.29 is 13.9 Å². The fourth-order valence-corrected chi connectivity index (χ4v) is 2.71. The van der Waals surface area contributed by atoms with E-state index in [0.717, 1.165) is 23.2 Å². The zero-order valence-corrected chi connectivity index (χ0v) is 12.7. The first-order valence-electron chi connectivity index (χ1n) is 6.61. The Kier molecular flexibility index (Phi) is 3.92. The minimum Gasteiger partial charge on any atom is -0.489 e. The van der Waals surface area contributed by atoms with Crippen LogP contribution in [-0.4, -0.2) is 5.91 Å². The second-order valence-electron chi connectivity index (χ2n) is 4.89. The molecule has 1 amide bonds. The highest BCUT2D eigenvalue weighted by molar-refractivity contribution is 9.10. The normalized spacial score (nSPS) is 13.5. The van der Waals surface area contributed by atoms with Gasteiger partial charge in [0.2, 0.25) is 5.91 Å². The molecule has 2 aromatic carbocycles. The van der Waals surface area contributed by atoms with Crippen LogP contribution in [-0.2, 0) is 17.8 Å². The van der Waals surface area contributed by atoms with Crippen LogP contribution < -0.4 is 10.1 Å². The highest BCUT2D eigenvalue weighted by Gasteiger charge is 2.15. The number of halogens is 2. The molecule has 21 heavy (non-hydrogen) atoms. The van der Waals surface area contributed by atoms with Crippen molar-refractivity contribution in [2.24, 2.45) is 0 Å². The Morgan fingerprint density at radius 1 is 1.19 bits per heavy atom. The van der Waals surface area contributed by atoms with Crippen molar-refractivity contribution in [3.63, 3.8) is 0 Å². The molecule has 0 fully saturated rings. The lowest BCUT2D eigenvalue weighted by Crippen LogP contribution is -2.18. The molecular formula is C16H13BrFNO2. The minimum absolute atomic E-state index is 0.0286. The predicted molar refractivity (Wildman–Crippen MR) is 81.8 cm³/mol. The lowest BCUT2D eigenvalue weighted by molar-refractivity contribution is -0.116. The molecular weight excluding hydrogens is 337 g/mol. The maximum Gasteiger partial charge on any atom is 0.224 e. The molecule has 0 saturated carbocycles. The standard InChI is InChI=1S/C16H13BrFNO2/c17-14-7-12(18)4-1-11(14)9-21-13-5-2-10-3-6-16(20)19-15(10)8-13/h1-2,4-5,7-8H,3,6,9H2,(H,19,20). The average molecular weight is 350 g/mol. The third-order valence-corrected chi connectivity index (χ3v) is 4.12. The quantitative estimate of drug-likeness (QED) is 0.907. The number of hydrogen-bond acceptors (Lipinski definition) is 2. The van der Waals surface area contributed by atoms with E-state index in [1.807, 2.05) is 18.2 Å². The van der Waals surface area contributed by atoms with E-state index in [-0.39, 0.29) is 11.7 Å². The van der Waals surface area contributed by atoms with E-state index in [0.29, 0.717) is 23.2 Å². The molecule has 1 N–H and O–H groups in total. The Labute approximate surface area is 130 Å². The summed E-state index contributed by atoms with van der Waals surface area (Å²) >= 11 is 3.31. The maximum absolute atomic E-state index is 13.0. The number of hydrogen-bond donors (Lipinski definition) is 1. The topological polar surface area (TPSA) is 38.3 Å². The molecule has 3 rings (SSSR count). The number of carbonyl (C=O) groups is 1. The molecule has 0 radical (unpaired) electrons. The molecule has 1 aliphatic rings. The number of nitrogens with one attached hydrogen (secondary N) is 1. The molecule has 0 aliphatic carbocycles. The molecule has 0 bridgehead atoms. The molecule has 0 saturated heterocycles. The summed E-state index contributed by atoms with van der Waals surface area (Å²) in [4.78, 5) is 11.4. The average Bonchev–Trinajstić information content (AvgIpc) is 2.46. The monoisotopic (exact) mass is 349 g/mol. The zero-order valence-electron chi connectivity index (χ0n) is 11.2. The zero-order chi connectivity index (χ0) is 14.8. The van der Waals surface area contributed by atoms with E-state index in [2.05, 4.69) is 21.2 Å². The SMILES string of the molecule is O=C1CCc2ccc(OCc3ccc(F)cc3Br)cc2N1. The first-order valence-corrected chi connectivity index (χ1v) is 7.40. The van der Waals surface area contributed by atoms with Crippen molar-refractivity contribution in [1.82, 2.24) is 0 Å². The minimum atomic E-state index is -0.290. The second-order valence-corrected chi connectivity index (χ2v) is 5.75. The van der Waals surface area contributed by atoms with E-state index in [4.69, 9.17) is 4.74 Å². The van der Waals surface area contributed by atoms with Gasteiger partial charge in [0.05, 0.1) is 0 Å². The Balaban J connectivity index is 1.73. The number of fused-ring (bicyclic) bond motifs is 1. The van der Waals surface area contributed by atoms with Gasteiger partial charge in [-0.3, -0.25) is 4.79 Å². The number of carbonyl (C=O) groups excluding carboxylic acids is 1. The van der Waals surface area contributed by atoms with Crippen molar-refractivity contribution in [1.29, 1.82) is 0 Å². The van der Waals surface area contributed by atoms with Crippen LogP contribution in [0.15, 0.2) is 40.9 Å². The number of amides is 1. The molecule has 1 heterocycles. The number of benzene rings is 2. The number of aryl methyl sites for hydroxylation is 1. The number of ether oxygens (including phenoxy) is 1. The van der Waals surface area contributed by atoms with Crippen LogP contribution in [0.1, 0.15) is 17.5 Å². The van der Waals surface area contributed by atoms with Crippen LogP contribution in [0.3, 0.4) is 0 Å². The Morgan fingerprint density at radius 3 is 2.86 bits per heavy atom. The van der Waals surface area contributed by atoms with Crippen molar-refractivity contribution in [2.75, 3.05) is 5.32 Å². The highest BCUT2D eigenvalue weighted by atomic mass is 79.9. The van der Waals surface area contributed by atoms with Gasteiger partial charge in [0.25, 0.3) is 0 Å². The maximum atomic E-state index is 13.0. The predicted octanol–water partition coefficient (Wildman–Crippen LogP) is 4.05. The molecule has 0 atom stereocenters. The van der Waals surface area contributed by atoms with Crippen LogP contribution in [0.4, 0.5) is 10.1 Å². The molecule has 0 spiro atoms. The van der Waals surface area contributed by atoms with Crippen molar-refractivity contribution in [3.05, 3.63) is 57.8 Å². The van der Waals surface area contributed by atoms with Crippen molar-refractivity contribution in [2.45, 2.75) is 19.4 Å². The lowest BCUT2D eigenvalue weighted by Gasteiger charge is -2.18. The third kappa shape index (κ3) is 3.24. The van der Waals surface area contributed by atoms with E-state index in [1.54, 1.807) is 6.07 Å². The first-order chi connectivity index (χ1) is 10.1. The largest absolute Gasteiger partial charge is 0.489 e. The van der Waals surface area contributed by atoms with E-state index >= 15 is 0 Å². The molecule has 0 aromatic heterocycles. The summed E-state index contributed by atoms with van der Waals surface area (Å²) in [5, 5.41) is 2.84. The summed E-state index contributed by atoms with van der Waals surface area (Å²) in [6.07, 6.45) is 1.28. The molecule has 2 aromatic rings. The fraction of sp³-hybridized carbons (Fsp3) is 0.188. The third-order valence-electron chi connectivity index (χ3n) is 3.39. The molecule has 5 heteroatoms. The summed E-state index contributed by atoms with van der Waals surface area (Å²) in [6.45, 7) is 0.327. The van der Waals surface area contributed by atoms with Crippen LogP contribution in [0.25, 0.3) is 0 Å². The summed E-state index contributed by atoms with van der Waals surface area (Å²) < 4.78 is 19.4. The van der Waals surface area contributed by atoms with Gasteiger partial charge in [0.1, 0.15) is 18.2 Å². The van der Waals surface area contributed by atoms with E-state index in [1.165, 1.54) is 12.1 Å². The Morgan fingerprint density at radius 2 is 2.05 bits per heavy atom. The van der Waals surface area contributed by atoms with Crippen LogP contribution in [0.2, 0.25) is 0 Å². The highest BCUT2D eigenvalue weighted by Crippen LogP contribution is 2.28. The molecule has 108 valence electrons. The smallest absolute Gasteiger partial charge is 0.224 e. The van der Waals surface area contributed by atoms with Gasteiger partial charge in [-0.1, -0.05) is 28.1 Å². The van der Waals surface area contributed by atoms with Gasteiger partial charge in [0.15, 0.2) is 0 Å². The van der Waals surface area contributed by atoms with Gasteiger partial charge in [-0.15, -0.1) is 0 Å². The lowest BCUT2D eigenvalue weighted by atomic mass is 10.0. The summed E-state index contributed by atoms with van der Waals surface area (Å²) in [7, 11) is 0. The molecule has 0 unspecified atom stereocenters. The summed E-state index contributed by atoms with van der Waals surface area (Å²) in [6, 6.07) is 10.2. The first kappa shape index (κ1) is 14.1. The number of rotatable bonds is 3. The molecule has 1 aliphatic heterocycles. The van der Waals surface area contributed by atoms with Gasteiger partial charge >= 0.3 is 0 Å². The Hall–Kier alpha value is -1.88. The van der Waals surface area contributed by atoms with Crippen LogP contribution in [0, 0.1) is 5.82 Å². The van der Waals surface area contributed by atoms with Gasteiger partial charge < -0.3 is 10.1 Å². The summed E-state index contributed by atoms with van der Waals surface area (Å²) in [5.41, 5.74) is 2.78. The molecule has 3 nitrogen and oxygen atoms in total. The van der Waals surface area contributed by atoms with Crippen molar-refractivity contribution in [3.8, 4) is 5.75 Å². The second kappa shape index (κ2) is 5.85. The van der Waals surface area contributed by atoms with Gasteiger partial charge in [-0.25, -0.2) is 4.39 Å². The Bertz CT molecular complexity index is 703. The van der Waals surface area contributed by atoms with Crippen LogP contribution in [0.5, 0.6) is 5.75 Å². The summed E-state index contributed by atoms with van der Waals surface area (Å²) in [5.74, 6) is 0.412.